The lowest BCUT2D eigenvalue weighted by atomic mass is 10.0. The molecular weight excluding hydrogens is 440 g/mol. The quantitative estimate of drug-likeness (QED) is 0.330. The summed E-state index contributed by atoms with van der Waals surface area (Å²) >= 11 is 1.09. The van der Waals surface area contributed by atoms with Crippen LogP contribution in [-0.4, -0.2) is 34.2 Å². The number of nitrogen functional groups attached to an aromatic ring is 1. The predicted octanol–water partition coefficient (Wildman–Crippen LogP) is 3.92. The summed E-state index contributed by atoms with van der Waals surface area (Å²) in [5, 5.41) is 3.25. The first-order valence-corrected chi connectivity index (χ1v) is 10.9. The van der Waals surface area contributed by atoms with Crippen LogP contribution in [0.3, 0.4) is 0 Å². The van der Waals surface area contributed by atoms with Crippen molar-refractivity contribution in [3.63, 3.8) is 0 Å². The molecule has 0 unspecified atom stereocenters. The minimum absolute atomic E-state index is 0.167. The standard InChI is InChI=1S/C24H20N4O4S/c1-13-19-20(25)22(33-23(19)27-14(2)26-13)24(31)32-12-18(29)28-17-11-7-6-10-16(17)21(30)15-8-4-3-5-9-15/h3-11H,12,25H2,1-2H3,(H,28,29). The minimum atomic E-state index is -0.726. The number of ketones is 1. The fourth-order valence-corrected chi connectivity index (χ4v) is 4.49. The maximum atomic E-state index is 12.8. The smallest absolute Gasteiger partial charge is 0.351 e. The van der Waals surface area contributed by atoms with Gasteiger partial charge < -0.3 is 15.8 Å². The number of rotatable bonds is 6. The highest BCUT2D eigenvalue weighted by Gasteiger charge is 2.22. The van der Waals surface area contributed by atoms with Crippen molar-refractivity contribution in [3.8, 4) is 0 Å². The monoisotopic (exact) mass is 460 g/mol. The fraction of sp³-hybridized carbons (Fsp3) is 0.125. The molecule has 33 heavy (non-hydrogen) atoms. The highest BCUT2D eigenvalue weighted by Crippen LogP contribution is 2.34. The molecule has 2 aromatic heterocycles. The minimum Gasteiger partial charge on any atom is -0.451 e. The van der Waals surface area contributed by atoms with E-state index in [1.165, 1.54) is 0 Å². The molecule has 1 amide bonds. The lowest BCUT2D eigenvalue weighted by Gasteiger charge is -2.11. The number of carbonyl (C=O) groups excluding carboxylic acids is 3. The van der Waals surface area contributed by atoms with Crippen molar-refractivity contribution in [3.05, 3.63) is 82.1 Å². The number of hydrogen-bond acceptors (Lipinski definition) is 8. The molecule has 2 heterocycles. The van der Waals surface area contributed by atoms with Crippen molar-refractivity contribution >= 4 is 50.6 Å². The molecular formula is C24H20N4O4S. The van der Waals surface area contributed by atoms with E-state index in [0.29, 0.717) is 38.5 Å². The Balaban J connectivity index is 1.46. The lowest BCUT2D eigenvalue weighted by molar-refractivity contribution is -0.119. The first-order valence-electron chi connectivity index (χ1n) is 10.0. The molecule has 8 nitrogen and oxygen atoms in total. The van der Waals surface area contributed by atoms with E-state index in [-0.39, 0.29) is 16.3 Å². The Bertz CT molecular complexity index is 1380. The molecule has 0 aliphatic carbocycles. The molecule has 0 spiro atoms. The molecule has 0 atom stereocenters. The molecule has 0 aliphatic heterocycles. The summed E-state index contributed by atoms with van der Waals surface area (Å²) in [7, 11) is 0. The summed E-state index contributed by atoms with van der Waals surface area (Å²) < 4.78 is 5.17. The molecule has 0 saturated carbocycles. The number of aromatic nitrogens is 2. The van der Waals surface area contributed by atoms with Gasteiger partial charge in [-0.25, -0.2) is 14.8 Å². The highest BCUT2D eigenvalue weighted by molar-refractivity contribution is 7.21. The van der Waals surface area contributed by atoms with E-state index in [0.717, 1.165) is 11.3 Å². The molecule has 0 fully saturated rings. The number of nitrogens with zero attached hydrogens (tertiary/aromatic N) is 2. The summed E-state index contributed by atoms with van der Waals surface area (Å²) in [6, 6.07) is 15.4. The van der Waals surface area contributed by atoms with Crippen molar-refractivity contribution in [2.24, 2.45) is 0 Å². The second-order valence-corrected chi connectivity index (χ2v) is 8.25. The molecule has 0 saturated heterocycles. The van der Waals surface area contributed by atoms with Gasteiger partial charge in [0.1, 0.15) is 15.5 Å². The number of carbonyl (C=O) groups is 3. The van der Waals surface area contributed by atoms with Crippen LogP contribution in [0.1, 0.15) is 37.1 Å². The maximum Gasteiger partial charge on any atom is 0.351 e. The van der Waals surface area contributed by atoms with Crippen molar-refractivity contribution in [1.82, 2.24) is 9.97 Å². The number of anilines is 2. The van der Waals surface area contributed by atoms with Crippen LogP contribution in [-0.2, 0) is 9.53 Å². The first kappa shape index (κ1) is 22.1. The number of ether oxygens (including phenoxy) is 1. The third-order valence-electron chi connectivity index (χ3n) is 4.88. The average molecular weight is 461 g/mol. The zero-order valence-corrected chi connectivity index (χ0v) is 18.7. The van der Waals surface area contributed by atoms with Gasteiger partial charge in [0.25, 0.3) is 5.91 Å². The van der Waals surface area contributed by atoms with Gasteiger partial charge >= 0.3 is 5.97 Å². The van der Waals surface area contributed by atoms with Crippen LogP contribution in [0, 0.1) is 13.8 Å². The fourth-order valence-electron chi connectivity index (χ4n) is 3.40. The Hall–Kier alpha value is -4.11. The van der Waals surface area contributed by atoms with Gasteiger partial charge in [-0.3, -0.25) is 9.59 Å². The molecule has 3 N–H and O–H groups in total. The number of nitrogens with two attached hydrogens (primary N) is 1. The van der Waals surface area contributed by atoms with Crippen molar-refractivity contribution in [2.45, 2.75) is 13.8 Å². The normalized spacial score (nSPS) is 10.7. The van der Waals surface area contributed by atoms with E-state index in [9.17, 15) is 14.4 Å². The Labute approximate surface area is 193 Å². The van der Waals surface area contributed by atoms with E-state index >= 15 is 0 Å². The Morgan fingerprint density at radius 3 is 2.45 bits per heavy atom. The van der Waals surface area contributed by atoms with E-state index in [4.69, 9.17) is 10.5 Å². The van der Waals surface area contributed by atoms with Crippen LogP contribution in [0.4, 0.5) is 11.4 Å². The van der Waals surface area contributed by atoms with Crippen LogP contribution in [0.2, 0.25) is 0 Å². The molecule has 9 heteroatoms. The summed E-state index contributed by atoms with van der Waals surface area (Å²) in [6.45, 7) is 3.01. The Morgan fingerprint density at radius 2 is 1.70 bits per heavy atom. The predicted molar refractivity (Wildman–Crippen MR) is 127 cm³/mol. The molecule has 0 radical (unpaired) electrons. The number of amides is 1. The van der Waals surface area contributed by atoms with Gasteiger partial charge in [-0.05, 0) is 26.0 Å². The Kier molecular flexibility index (Phi) is 6.14. The van der Waals surface area contributed by atoms with Crippen LogP contribution in [0.5, 0.6) is 0 Å². The van der Waals surface area contributed by atoms with E-state index in [2.05, 4.69) is 15.3 Å². The summed E-state index contributed by atoms with van der Waals surface area (Å²) in [5.74, 6) is -0.961. The number of esters is 1. The van der Waals surface area contributed by atoms with Gasteiger partial charge in [0, 0.05) is 11.1 Å². The second kappa shape index (κ2) is 9.17. The number of benzene rings is 2. The van der Waals surface area contributed by atoms with Gasteiger partial charge in [0.15, 0.2) is 12.4 Å². The van der Waals surface area contributed by atoms with Crippen molar-refractivity contribution < 1.29 is 19.1 Å². The second-order valence-electron chi connectivity index (χ2n) is 7.25. The SMILES string of the molecule is Cc1nc(C)c2c(N)c(C(=O)OCC(=O)Nc3ccccc3C(=O)c3ccccc3)sc2n1. The van der Waals surface area contributed by atoms with E-state index < -0.39 is 18.5 Å². The maximum absolute atomic E-state index is 12.8. The third-order valence-corrected chi connectivity index (χ3v) is 5.96. The largest absolute Gasteiger partial charge is 0.451 e. The molecule has 2 aromatic carbocycles. The summed E-state index contributed by atoms with van der Waals surface area (Å²) in [5.41, 5.74) is 8.19. The third kappa shape index (κ3) is 4.58. The first-order chi connectivity index (χ1) is 15.8. The average Bonchev–Trinajstić information content (AvgIpc) is 3.14. The van der Waals surface area contributed by atoms with Crippen LogP contribution in [0.25, 0.3) is 10.2 Å². The van der Waals surface area contributed by atoms with E-state index in [1.54, 1.807) is 62.4 Å². The van der Waals surface area contributed by atoms with Crippen LogP contribution >= 0.6 is 11.3 Å². The number of aryl methyl sites for hydroxylation is 2. The van der Waals surface area contributed by atoms with Gasteiger partial charge in [0.05, 0.1) is 22.5 Å². The molecule has 166 valence electrons. The number of hydrogen-bond donors (Lipinski definition) is 2. The summed E-state index contributed by atoms with van der Waals surface area (Å²) in [6.07, 6.45) is 0. The van der Waals surface area contributed by atoms with Gasteiger partial charge in [-0.15, -0.1) is 11.3 Å². The molecule has 0 bridgehead atoms. The zero-order chi connectivity index (χ0) is 23.5. The van der Waals surface area contributed by atoms with Crippen molar-refractivity contribution in [2.75, 3.05) is 17.7 Å². The lowest BCUT2D eigenvalue weighted by Crippen LogP contribution is -2.22. The van der Waals surface area contributed by atoms with Gasteiger partial charge in [-0.2, -0.15) is 0 Å². The van der Waals surface area contributed by atoms with E-state index in [1.807, 2.05) is 6.07 Å². The van der Waals surface area contributed by atoms with Crippen LogP contribution in [0.15, 0.2) is 54.6 Å². The molecule has 0 aliphatic rings. The van der Waals surface area contributed by atoms with Gasteiger partial charge in [-0.1, -0.05) is 42.5 Å². The number of para-hydroxylation sites is 1. The topological polar surface area (TPSA) is 124 Å². The molecule has 4 aromatic rings. The Morgan fingerprint density at radius 1 is 1.00 bits per heavy atom. The van der Waals surface area contributed by atoms with Gasteiger partial charge in [0.2, 0.25) is 0 Å². The van der Waals surface area contributed by atoms with Crippen LogP contribution < -0.4 is 11.1 Å². The number of fused-ring (bicyclic) bond motifs is 1. The summed E-state index contributed by atoms with van der Waals surface area (Å²) in [4.78, 5) is 47.2. The highest BCUT2D eigenvalue weighted by atomic mass is 32.1. The number of thiophene rings is 1. The number of nitrogens with one attached hydrogen (secondary N) is 1. The van der Waals surface area contributed by atoms with Crippen molar-refractivity contribution in [1.29, 1.82) is 0 Å². The zero-order valence-electron chi connectivity index (χ0n) is 17.9. The molecule has 4 rings (SSSR count).